The number of carboxylic acids is 2. The number of rotatable bonds is 18. The Morgan fingerprint density at radius 1 is 0.727 bits per heavy atom. The molecule has 2 aromatic carbocycles. The molecule has 0 spiro atoms. The number of aliphatic carboxylic acids is 2. The van der Waals surface area contributed by atoms with Gasteiger partial charge in [-0.2, -0.15) is 0 Å². The Kier molecular flexibility index (Phi) is 14.1. The third-order valence-corrected chi connectivity index (χ3v) is 6.49. The summed E-state index contributed by atoms with van der Waals surface area (Å²) in [6.07, 6.45) is -0.413. The molecule has 0 aromatic heterocycles. The van der Waals surface area contributed by atoms with Crippen LogP contribution in [-0.4, -0.2) is 81.7 Å². The van der Waals surface area contributed by atoms with Crippen LogP contribution in [-0.2, 0) is 36.8 Å². The normalized spacial score (nSPS) is 13.4. The number of aliphatic imine (C=N–C) groups is 1. The molecule has 0 fully saturated rings. The van der Waals surface area contributed by atoms with Gasteiger partial charge in [0.1, 0.15) is 23.9 Å². The number of hydrogen-bond acceptors (Lipinski definition) is 8. The fourth-order valence-corrected chi connectivity index (χ4v) is 4.14. The van der Waals surface area contributed by atoms with E-state index in [2.05, 4.69) is 20.9 Å². The molecule has 0 radical (unpaired) electrons. The Bertz CT molecular complexity index is 1300. The average Bonchev–Trinajstić information content (AvgIpc) is 2.97. The summed E-state index contributed by atoms with van der Waals surface area (Å²) in [7, 11) is 0. The summed E-state index contributed by atoms with van der Waals surface area (Å²) < 4.78 is 0. The highest BCUT2D eigenvalue weighted by Gasteiger charge is 2.31. The second-order valence-corrected chi connectivity index (χ2v) is 10.1. The minimum Gasteiger partial charge on any atom is -0.508 e. The van der Waals surface area contributed by atoms with E-state index in [0.29, 0.717) is 17.5 Å². The summed E-state index contributed by atoms with van der Waals surface area (Å²) in [5.41, 5.74) is 17.8. The SMILES string of the molecule is NC(N)=NCCCC(N)C(=O)NC(Cc1ccc(O)cc1)C(=O)NC(CCC(=O)O)C(=O)NC(Cc1ccccc1)C(=O)O. The quantitative estimate of drug-likeness (QED) is 0.0556. The van der Waals surface area contributed by atoms with Gasteiger partial charge in [-0.1, -0.05) is 42.5 Å². The van der Waals surface area contributed by atoms with Gasteiger partial charge in [0.25, 0.3) is 0 Å². The number of hydrogen-bond donors (Lipinski definition) is 9. The van der Waals surface area contributed by atoms with Crippen LogP contribution < -0.4 is 33.2 Å². The zero-order valence-corrected chi connectivity index (χ0v) is 24.0. The molecule has 44 heavy (non-hydrogen) atoms. The van der Waals surface area contributed by atoms with E-state index in [0.717, 1.165) is 0 Å². The molecule has 0 heterocycles. The number of phenolic OH excluding ortho intramolecular Hbond substituents is 1. The highest BCUT2D eigenvalue weighted by Crippen LogP contribution is 2.13. The zero-order valence-electron chi connectivity index (χ0n) is 24.0. The van der Waals surface area contributed by atoms with Crippen LogP contribution in [0.1, 0.15) is 36.8 Å². The molecule has 238 valence electrons. The van der Waals surface area contributed by atoms with Crippen molar-refractivity contribution in [1.82, 2.24) is 16.0 Å². The van der Waals surface area contributed by atoms with Gasteiger partial charge in [0.05, 0.1) is 6.04 Å². The summed E-state index contributed by atoms with van der Waals surface area (Å²) in [6.45, 7) is 0.239. The number of nitrogens with two attached hydrogens (primary N) is 3. The second kappa shape index (κ2) is 17.7. The van der Waals surface area contributed by atoms with Crippen molar-refractivity contribution in [3.8, 4) is 5.75 Å². The Morgan fingerprint density at radius 2 is 1.27 bits per heavy atom. The van der Waals surface area contributed by atoms with Gasteiger partial charge in [0.15, 0.2) is 5.96 Å². The van der Waals surface area contributed by atoms with Crippen molar-refractivity contribution in [1.29, 1.82) is 0 Å². The van der Waals surface area contributed by atoms with E-state index in [1.807, 2.05) is 0 Å². The minimum atomic E-state index is -1.44. The lowest BCUT2D eigenvalue weighted by molar-refractivity contribution is -0.143. The fraction of sp³-hybridized carbons (Fsp3) is 0.379. The largest absolute Gasteiger partial charge is 0.508 e. The Balaban J connectivity index is 2.22. The molecule has 4 unspecified atom stereocenters. The smallest absolute Gasteiger partial charge is 0.326 e. The van der Waals surface area contributed by atoms with Crippen molar-refractivity contribution in [2.75, 3.05) is 6.54 Å². The summed E-state index contributed by atoms with van der Waals surface area (Å²) in [5.74, 6) is -5.10. The lowest BCUT2D eigenvalue weighted by Crippen LogP contribution is -2.57. The Morgan fingerprint density at radius 3 is 1.86 bits per heavy atom. The number of amides is 3. The molecule has 15 nitrogen and oxygen atoms in total. The first-order valence-corrected chi connectivity index (χ1v) is 13.8. The number of guanidine groups is 1. The summed E-state index contributed by atoms with van der Waals surface area (Å²) in [4.78, 5) is 66.6. The summed E-state index contributed by atoms with van der Waals surface area (Å²) in [6, 6.07) is 9.31. The maximum Gasteiger partial charge on any atom is 0.326 e. The molecule has 3 amide bonds. The van der Waals surface area contributed by atoms with Crippen molar-refractivity contribution in [2.45, 2.75) is 62.7 Å². The van der Waals surface area contributed by atoms with Gasteiger partial charge in [-0.3, -0.25) is 24.2 Å². The number of phenols is 1. The number of carboxylic acid groups (broad SMARTS) is 2. The number of nitrogens with zero attached hydrogens (tertiary/aromatic N) is 1. The maximum atomic E-state index is 13.5. The number of benzene rings is 2. The van der Waals surface area contributed by atoms with Crippen LogP contribution in [0.5, 0.6) is 5.75 Å². The van der Waals surface area contributed by atoms with E-state index in [-0.39, 0.29) is 43.9 Å². The average molecular weight is 614 g/mol. The van der Waals surface area contributed by atoms with Crippen molar-refractivity contribution in [3.63, 3.8) is 0 Å². The van der Waals surface area contributed by atoms with Crippen LogP contribution in [0.25, 0.3) is 0 Å². The molecule has 2 rings (SSSR count). The molecule has 0 saturated carbocycles. The van der Waals surface area contributed by atoms with Gasteiger partial charge in [-0.05, 0) is 42.5 Å². The van der Waals surface area contributed by atoms with Gasteiger partial charge >= 0.3 is 11.9 Å². The van der Waals surface area contributed by atoms with Gasteiger partial charge in [0.2, 0.25) is 17.7 Å². The molecule has 0 aliphatic carbocycles. The Labute approximate surface area is 253 Å². The highest BCUT2D eigenvalue weighted by atomic mass is 16.4. The number of aromatic hydroxyl groups is 1. The predicted octanol–water partition coefficient (Wildman–Crippen LogP) is -1.04. The number of carbonyl (C=O) groups excluding carboxylic acids is 3. The van der Waals surface area contributed by atoms with E-state index < -0.39 is 60.2 Å². The molecule has 0 bridgehead atoms. The second-order valence-electron chi connectivity index (χ2n) is 10.1. The third-order valence-electron chi connectivity index (χ3n) is 6.49. The first-order valence-electron chi connectivity index (χ1n) is 13.8. The van der Waals surface area contributed by atoms with Crippen LogP contribution in [0.3, 0.4) is 0 Å². The van der Waals surface area contributed by atoms with Crippen molar-refractivity contribution in [2.24, 2.45) is 22.2 Å². The molecule has 0 aliphatic rings. The number of carbonyl (C=O) groups is 5. The first-order chi connectivity index (χ1) is 20.8. The minimum absolute atomic E-state index is 0.0181. The highest BCUT2D eigenvalue weighted by molar-refractivity contribution is 5.94. The van der Waals surface area contributed by atoms with Crippen LogP contribution in [0.15, 0.2) is 59.6 Å². The Hall–Kier alpha value is -5.18. The van der Waals surface area contributed by atoms with E-state index >= 15 is 0 Å². The van der Waals surface area contributed by atoms with Gasteiger partial charge in [0, 0.05) is 25.8 Å². The monoisotopic (exact) mass is 613 g/mol. The van der Waals surface area contributed by atoms with E-state index in [1.54, 1.807) is 30.3 Å². The van der Waals surface area contributed by atoms with Crippen LogP contribution >= 0.6 is 0 Å². The van der Waals surface area contributed by atoms with E-state index in [1.165, 1.54) is 24.3 Å². The first kappa shape index (κ1) is 35.0. The predicted molar refractivity (Wildman–Crippen MR) is 160 cm³/mol. The topological polar surface area (TPSA) is 273 Å². The van der Waals surface area contributed by atoms with Gasteiger partial charge < -0.3 is 48.5 Å². The van der Waals surface area contributed by atoms with Gasteiger partial charge in [-0.25, -0.2) is 4.79 Å². The molecule has 0 aliphatic heterocycles. The van der Waals surface area contributed by atoms with Crippen LogP contribution in [0.4, 0.5) is 0 Å². The zero-order chi connectivity index (χ0) is 32.6. The van der Waals surface area contributed by atoms with E-state index in [9.17, 15) is 39.3 Å². The van der Waals surface area contributed by atoms with Crippen LogP contribution in [0.2, 0.25) is 0 Å². The number of nitrogens with one attached hydrogen (secondary N) is 3. The standard InChI is InChI=1S/C29H39N7O8/c30-20(7-4-14-33-29(31)32)25(40)35-22(15-18-8-10-19(37)11-9-18)27(42)34-21(12-13-24(38)39)26(41)36-23(28(43)44)16-17-5-2-1-3-6-17/h1-3,5-6,8-11,20-23,37H,4,7,12-16,30H2,(H,34,42)(H,35,40)(H,36,41)(H,38,39)(H,43,44)(H4,31,32,33). The van der Waals surface area contributed by atoms with E-state index in [4.69, 9.17) is 17.2 Å². The molecular weight excluding hydrogens is 574 g/mol. The summed E-state index contributed by atoms with van der Waals surface area (Å²) >= 11 is 0. The maximum absolute atomic E-state index is 13.5. The van der Waals surface area contributed by atoms with Crippen molar-refractivity contribution >= 4 is 35.6 Å². The summed E-state index contributed by atoms with van der Waals surface area (Å²) in [5, 5.41) is 35.9. The van der Waals surface area contributed by atoms with Crippen molar-refractivity contribution in [3.05, 3.63) is 65.7 Å². The van der Waals surface area contributed by atoms with Gasteiger partial charge in [-0.15, -0.1) is 0 Å². The molecule has 4 atom stereocenters. The molecule has 12 N–H and O–H groups in total. The molecular formula is C29H39N7O8. The molecule has 0 saturated heterocycles. The lowest BCUT2D eigenvalue weighted by atomic mass is 10.0. The molecule has 15 heteroatoms. The van der Waals surface area contributed by atoms with Crippen LogP contribution in [0, 0.1) is 0 Å². The lowest BCUT2D eigenvalue weighted by Gasteiger charge is -2.25. The molecule has 2 aromatic rings. The third kappa shape index (κ3) is 12.8. The fourth-order valence-electron chi connectivity index (χ4n) is 4.14. The van der Waals surface area contributed by atoms with Crippen molar-refractivity contribution < 1.29 is 39.3 Å².